The van der Waals surface area contributed by atoms with Crippen molar-refractivity contribution in [3.8, 4) is 0 Å². The van der Waals surface area contributed by atoms with Gasteiger partial charge in [-0.05, 0) is 18.6 Å². The lowest BCUT2D eigenvalue weighted by Crippen LogP contribution is -2.43. The quantitative estimate of drug-likeness (QED) is 0.830. The molecule has 1 atom stereocenters. The number of aromatic nitrogens is 1. The maximum Gasteiger partial charge on any atom is 0.416 e. The molecule has 90 valence electrons. The maximum atomic E-state index is 11.7. The van der Waals surface area contributed by atoms with Crippen LogP contribution in [0.2, 0.25) is 0 Å². The number of ether oxygens (including phenoxy) is 1. The summed E-state index contributed by atoms with van der Waals surface area (Å²) in [6.45, 7) is 1.87. The fourth-order valence-electron chi connectivity index (χ4n) is 1.86. The number of carbonyl (C=O) groups is 2. The van der Waals surface area contributed by atoms with Crippen LogP contribution in [-0.2, 0) is 16.0 Å². The second-order valence-electron chi connectivity index (χ2n) is 3.61. The summed E-state index contributed by atoms with van der Waals surface area (Å²) in [6, 6.07) is 2.54. The van der Waals surface area contributed by atoms with Crippen molar-refractivity contribution in [1.82, 2.24) is 4.98 Å². The largest absolute Gasteiger partial charge is 0.480 e. The molecule has 1 unspecified atom stereocenters. The molecule has 0 radical (unpaired) electrons. The Morgan fingerprint density at radius 3 is 3.06 bits per heavy atom. The third-order valence-corrected chi connectivity index (χ3v) is 2.57. The summed E-state index contributed by atoms with van der Waals surface area (Å²) in [4.78, 5) is 28.0. The van der Waals surface area contributed by atoms with E-state index in [1.165, 1.54) is 6.20 Å². The van der Waals surface area contributed by atoms with Crippen molar-refractivity contribution in [3.63, 3.8) is 0 Å². The zero-order chi connectivity index (χ0) is 12.4. The molecule has 0 bridgehead atoms. The normalized spacial score (nSPS) is 17.7. The van der Waals surface area contributed by atoms with Crippen molar-refractivity contribution in [1.29, 1.82) is 0 Å². The minimum Gasteiger partial charge on any atom is -0.480 e. The van der Waals surface area contributed by atoms with Crippen LogP contribution < -0.4 is 4.90 Å². The Morgan fingerprint density at radius 1 is 1.65 bits per heavy atom. The summed E-state index contributed by atoms with van der Waals surface area (Å²) < 4.78 is 4.85. The lowest BCUT2D eigenvalue weighted by molar-refractivity contribution is -0.138. The number of hydrogen-bond donors (Lipinski definition) is 1. The van der Waals surface area contributed by atoms with Crippen LogP contribution in [0, 0.1) is 0 Å². The number of hydrogen-bond acceptors (Lipinski definition) is 4. The van der Waals surface area contributed by atoms with Crippen molar-refractivity contribution >= 4 is 17.9 Å². The highest BCUT2D eigenvalue weighted by Crippen LogP contribution is 2.30. The van der Waals surface area contributed by atoms with Gasteiger partial charge in [-0.25, -0.2) is 19.5 Å². The lowest BCUT2D eigenvalue weighted by atomic mass is 10.1. The molecule has 1 amide bonds. The van der Waals surface area contributed by atoms with Crippen molar-refractivity contribution in [2.45, 2.75) is 19.4 Å². The van der Waals surface area contributed by atoms with Crippen molar-refractivity contribution in [3.05, 3.63) is 23.9 Å². The van der Waals surface area contributed by atoms with Gasteiger partial charge in [-0.15, -0.1) is 0 Å². The molecule has 6 nitrogen and oxygen atoms in total. The summed E-state index contributed by atoms with van der Waals surface area (Å²) in [6.07, 6.45) is 1.12. The number of nitrogens with zero attached hydrogens (tertiary/aromatic N) is 2. The van der Waals surface area contributed by atoms with Gasteiger partial charge in [-0.3, -0.25) is 0 Å². The average molecular weight is 236 g/mol. The Hall–Kier alpha value is -2.11. The zero-order valence-electron chi connectivity index (χ0n) is 9.29. The van der Waals surface area contributed by atoms with E-state index in [4.69, 9.17) is 9.84 Å². The van der Waals surface area contributed by atoms with E-state index in [1.54, 1.807) is 19.1 Å². The Morgan fingerprint density at radius 2 is 2.41 bits per heavy atom. The second kappa shape index (κ2) is 4.40. The highest BCUT2D eigenvalue weighted by atomic mass is 16.6. The molecule has 0 saturated carbocycles. The number of aliphatic carboxylic acids is 1. The van der Waals surface area contributed by atoms with Crippen LogP contribution in [0.25, 0.3) is 0 Å². The number of carboxylic acid groups (broad SMARTS) is 1. The molecule has 0 aromatic carbocycles. The number of anilines is 1. The average Bonchev–Trinajstić information content (AvgIpc) is 2.68. The van der Waals surface area contributed by atoms with Crippen LogP contribution >= 0.6 is 0 Å². The minimum atomic E-state index is -1.06. The van der Waals surface area contributed by atoms with Crippen LogP contribution in [0.15, 0.2) is 18.3 Å². The SMILES string of the molecule is CCOC(=O)N1c2ncccc2CC1C(=O)O. The number of fused-ring (bicyclic) bond motifs is 1. The molecule has 0 aliphatic carbocycles. The highest BCUT2D eigenvalue weighted by molar-refractivity contribution is 5.97. The van der Waals surface area contributed by atoms with Gasteiger partial charge in [-0.2, -0.15) is 0 Å². The van der Waals surface area contributed by atoms with Crippen LogP contribution in [-0.4, -0.2) is 34.8 Å². The van der Waals surface area contributed by atoms with Crippen molar-refractivity contribution in [2.24, 2.45) is 0 Å². The first-order valence-corrected chi connectivity index (χ1v) is 5.27. The third-order valence-electron chi connectivity index (χ3n) is 2.57. The predicted octanol–water partition coefficient (Wildman–Crippen LogP) is 1.05. The summed E-state index contributed by atoms with van der Waals surface area (Å²) in [5, 5.41) is 9.10. The Labute approximate surface area is 97.8 Å². The first kappa shape index (κ1) is 11.4. The van der Waals surface area contributed by atoms with E-state index in [0.29, 0.717) is 5.82 Å². The number of carbonyl (C=O) groups excluding carboxylic acids is 1. The molecule has 17 heavy (non-hydrogen) atoms. The monoisotopic (exact) mass is 236 g/mol. The number of rotatable bonds is 2. The third kappa shape index (κ3) is 1.93. The second-order valence-corrected chi connectivity index (χ2v) is 3.61. The standard InChI is InChI=1S/C11H12N2O4/c1-2-17-11(16)13-8(10(14)15)6-7-4-3-5-12-9(7)13/h3-5,8H,2,6H2,1H3,(H,14,15). The molecule has 1 aliphatic heterocycles. The number of pyridine rings is 1. The van der Waals surface area contributed by atoms with E-state index in [1.807, 2.05) is 0 Å². The summed E-state index contributed by atoms with van der Waals surface area (Å²) in [7, 11) is 0. The molecule has 1 aromatic rings. The molecule has 0 saturated heterocycles. The lowest BCUT2D eigenvalue weighted by Gasteiger charge is -2.20. The van der Waals surface area contributed by atoms with E-state index in [9.17, 15) is 9.59 Å². The fourth-order valence-corrected chi connectivity index (χ4v) is 1.86. The summed E-state index contributed by atoms with van der Waals surface area (Å²) in [5.41, 5.74) is 0.743. The highest BCUT2D eigenvalue weighted by Gasteiger charge is 2.40. The molecular formula is C11H12N2O4. The van der Waals surface area contributed by atoms with Crippen LogP contribution in [0.3, 0.4) is 0 Å². The van der Waals surface area contributed by atoms with E-state index >= 15 is 0 Å². The van der Waals surface area contributed by atoms with Crippen LogP contribution in [0.5, 0.6) is 0 Å². The predicted molar refractivity (Wildman–Crippen MR) is 58.9 cm³/mol. The molecule has 2 rings (SSSR count). The summed E-state index contributed by atoms with van der Waals surface area (Å²) in [5.74, 6) is -0.686. The van der Waals surface area contributed by atoms with Gasteiger partial charge in [0.25, 0.3) is 0 Å². The molecule has 6 heteroatoms. The topological polar surface area (TPSA) is 79.7 Å². The van der Waals surface area contributed by atoms with Gasteiger partial charge in [0.2, 0.25) is 0 Å². The maximum absolute atomic E-state index is 11.7. The van der Waals surface area contributed by atoms with Gasteiger partial charge in [0.1, 0.15) is 11.9 Å². The molecule has 1 aromatic heterocycles. The van der Waals surface area contributed by atoms with Gasteiger partial charge in [-0.1, -0.05) is 6.07 Å². The Bertz CT molecular complexity index is 461. The molecular weight excluding hydrogens is 224 g/mol. The van der Waals surface area contributed by atoms with Gasteiger partial charge in [0.15, 0.2) is 0 Å². The molecule has 1 N–H and O–H groups in total. The van der Waals surface area contributed by atoms with Gasteiger partial charge >= 0.3 is 12.1 Å². The number of amides is 1. The van der Waals surface area contributed by atoms with Crippen LogP contribution in [0.1, 0.15) is 12.5 Å². The van der Waals surface area contributed by atoms with Gasteiger partial charge in [0, 0.05) is 12.6 Å². The fraction of sp³-hybridized carbons (Fsp3) is 0.364. The van der Waals surface area contributed by atoms with Crippen LogP contribution in [0.4, 0.5) is 10.6 Å². The van der Waals surface area contributed by atoms with E-state index in [0.717, 1.165) is 10.5 Å². The molecule has 1 aliphatic rings. The van der Waals surface area contributed by atoms with Crippen molar-refractivity contribution in [2.75, 3.05) is 11.5 Å². The zero-order valence-corrected chi connectivity index (χ0v) is 9.29. The molecule has 0 fully saturated rings. The first-order valence-electron chi connectivity index (χ1n) is 5.27. The van der Waals surface area contributed by atoms with E-state index in [2.05, 4.69) is 4.98 Å². The smallest absolute Gasteiger partial charge is 0.416 e. The molecule has 2 heterocycles. The van der Waals surface area contributed by atoms with E-state index < -0.39 is 18.1 Å². The van der Waals surface area contributed by atoms with E-state index in [-0.39, 0.29) is 13.0 Å². The summed E-state index contributed by atoms with van der Waals surface area (Å²) >= 11 is 0. The molecule has 0 spiro atoms. The Kier molecular flexibility index (Phi) is 2.95. The minimum absolute atomic E-state index is 0.198. The Balaban J connectivity index is 2.37. The van der Waals surface area contributed by atoms with Gasteiger partial charge < -0.3 is 9.84 Å². The number of carboxylic acids is 1. The van der Waals surface area contributed by atoms with Gasteiger partial charge in [0.05, 0.1) is 6.61 Å². The van der Waals surface area contributed by atoms with Crippen molar-refractivity contribution < 1.29 is 19.4 Å². The first-order chi connectivity index (χ1) is 8.15.